The lowest BCUT2D eigenvalue weighted by Gasteiger charge is -2.18. The van der Waals surface area contributed by atoms with E-state index in [2.05, 4.69) is 10.5 Å². The van der Waals surface area contributed by atoms with Gasteiger partial charge >= 0.3 is 0 Å². The summed E-state index contributed by atoms with van der Waals surface area (Å²) in [5.41, 5.74) is 3.18. The Morgan fingerprint density at radius 1 is 1.21 bits per heavy atom. The van der Waals surface area contributed by atoms with Crippen molar-refractivity contribution in [2.24, 2.45) is 5.10 Å². The Morgan fingerprint density at radius 2 is 1.92 bits per heavy atom. The molecule has 24 heavy (non-hydrogen) atoms. The Labute approximate surface area is 141 Å². The van der Waals surface area contributed by atoms with Crippen molar-refractivity contribution in [3.63, 3.8) is 0 Å². The van der Waals surface area contributed by atoms with Crippen molar-refractivity contribution in [3.05, 3.63) is 23.8 Å². The predicted molar refractivity (Wildman–Crippen MR) is 90.3 cm³/mol. The van der Waals surface area contributed by atoms with Crippen LogP contribution < -0.4 is 14.9 Å². The van der Waals surface area contributed by atoms with Gasteiger partial charge in [-0.1, -0.05) is 6.42 Å². The third-order valence-electron chi connectivity index (χ3n) is 3.78. The summed E-state index contributed by atoms with van der Waals surface area (Å²) in [6.45, 7) is 0.667. The quantitative estimate of drug-likeness (QED) is 0.633. The fourth-order valence-corrected chi connectivity index (χ4v) is 2.50. The summed E-state index contributed by atoms with van der Waals surface area (Å²) in [5.74, 6) is 0.995. The molecule has 0 aromatic heterocycles. The largest absolute Gasteiger partial charge is 0.497 e. The summed E-state index contributed by atoms with van der Waals surface area (Å²) in [6, 6.07) is 5.30. The molecule has 0 saturated carbocycles. The molecule has 130 valence electrons. The van der Waals surface area contributed by atoms with Gasteiger partial charge in [0.2, 0.25) is 5.91 Å². The van der Waals surface area contributed by atoms with Crippen molar-refractivity contribution < 1.29 is 19.1 Å². The van der Waals surface area contributed by atoms with Gasteiger partial charge in [0, 0.05) is 24.6 Å². The van der Waals surface area contributed by atoms with Gasteiger partial charge in [-0.2, -0.15) is 5.10 Å². The number of hydrogen-bond acceptors (Lipinski definition) is 5. The lowest BCUT2D eigenvalue weighted by molar-refractivity contribution is -0.135. The molecule has 1 aliphatic heterocycles. The molecular weight excluding hydrogens is 310 g/mol. The molecule has 1 saturated heterocycles. The second-order valence-electron chi connectivity index (χ2n) is 5.57. The van der Waals surface area contributed by atoms with Crippen LogP contribution in [0.2, 0.25) is 0 Å². The van der Waals surface area contributed by atoms with E-state index in [4.69, 9.17) is 9.47 Å². The molecule has 0 atom stereocenters. The second-order valence-corrected chi connectivity index (χ2v) is 5.57. The fourth-order valence-electron chi connectivity index (χ4n) is 2.50. The predicted octanol–water partition coefficient (Wildman–Crippen LogP) is 1.56. The van der Waals surface area contributed by atoms with E-state index < -0.39 is 0 Å². The smallest absolute Gasteiger partial charge is 0.259 e. The molecule has 1 aromatic carbocycles. The van der Waals surface area contributed by atoms with Crippen LogP contribution in [0.5, 0.6) is 11.5 Å². The molecular formula is C17H23N3O4. The van der Waals surface area contributed by atoms with Gasteiger partial charge in [0.05, 0.1) is 20.4 Å². The van der Waals surface area contributed by atoms with Crippen molar-refractivity contribution in [1.29, 1.82) is 0 Å². The van der Waals surface area contributed by atoms with Crippen LogP contribution in [0.3, 0.4) is 0 Å². The number of hydrogen-bond donors (Lipinski definition) is 1. The van der Waals surface area contributed by atoms with Crippen molar-refractivity contribution in [2.45, 2.75) is 25.7 Å². The normalized spacial score (nSPS) is 15.2. The van der Waals surface area contributed by atoms with E-state index in [0.717, 1.165) is 24.8 Å². The van der Waals surface area contributed by atoms with Crippen molar-refractivity contribution >= 4 is 18.0 Å². The SMILES string of the molecule is COc1cc(/C=N\NC(=O)CN2CCCCCC2=O)cc(OC)c1. The highest BCUT2D eigenvalue weighted by molar-refractivity contribution is 5.86. The summed E-state index contributed by atoms with van der Waals surface area (Å²) < 4.78 is 10.4. The molecule has 0 bridgehead atoms. The first kappa shape index (κ1) is 17.8. The summed E-state index contributed by atoms with van der Waals surface area (Å²) in [4.78, 5) is 25.4. The highest BCUT2D eigenvalue weighted by Gasteiger charge is 2.18. The molecule has 0 spiro atoms. The van der Waals surface area contributed by atoms with E-state index in [9.17, 15) is 9.59 Å². The number of methoxy groups -OCH3 is 2. The van der Waals surface area contributed by atoms with Crippen LogP contribution in [0.4, 0.5) is 0 Å². The molecule has 1 aromatic rings. The van der Waals surface area contributed by atoms with Crippen LogP contribution >= 0.6 is 0 Å². The Balaban J connectivity index is 1.91. The van der Waals surface area contributed by atoms with E-state index in [1.54, 1.807) is 37.3 Å². The number of nitrogens with zero attached hydrogens (tertiary/aromatic N) is 2. The summed E-state index contributed by atoms with van der Waals surface area (Å²) in [5, 5.41) is 3.93. The minimum absolute atomic E-state index is 0.0316. The molecule has 7 nitrogen and oxygen atoms in total. The minimum atomic E-state index is -0.309. The van der Waals surface area contributed by atoms with E-state index >= 15 is 0 Å². The van der Waals surface area contributed by atoms with Crippen LogP contribution in [0.25, 0.3) is 0 Å². The van der Waals surface area contributed by atoms with Gasteiger partial charge in [-0.15, -0.1) is 0 Å². The zero-order valence-corrected chi connectivity index (χ0v) is 14.1. The van der Waals surface area contributed by atoms with Crippen molar-refractivity contribution in [2.75, 3.05) is 27.3 Å². The average Bonchev–Trinajstić information content (AvgIpc) is 2.79. The Hall–Kier alpha value is -2.57. The van der Waals surface area contributed by atoms with Crippen LogP contribution in [-0.4, -0.2) is 50.2 Å². The number of nitrogens with one attached hydrogen (secondary N) is 1. The zero-order valence-electron chi connectivity index (χ0n) is 14.1. The van der Waals surface area contributed by atoms with Gasteiger partial charge in [-0.3, -0.25) is 9.59 Å². The van der Waals surface area contributed by atoms with Gasteiger partial charge in [-0.05, 0) is 25.0 Å². The zero-order chi connectivity index (χ0) is 17.4. The second kappa shape index (κ2) is 8.90. The fraction of sp³-hybridized carbons (Fsp3) is 0.471. The lowest BCUT2D eigenvalue weighted by atomic mass is 10.2. The monoisotopic (exact) mass is 333 g/mol. The lowest BCUT2D eigenvalue weighted by Crippen LogP contribution is -2.39. The summed E-state index contributed by atoms with van der Waals surface area (Å²) in [6.07, 6.45) is 4.88. The standard InChI is InChI=1S/C17H23N3O4/c1-23-14-8-13(9-15(10-14)24-2)11-18-19-16(21)12-20-7-5-3-4-6-17(20)22/h8-11H,3-7,12H2,1-2H3,(H,19,21)/b18-11-. The van der Waals surface area contributed by atoms with Gasteiger partial charge in [0.1, 0.15) is 18.0 Å². The highest BCUT2D eigenvalue weighted by Crippen LogP contribution is 2.21. The maximum atomic E-state index is 11.9. The molecule has 1 aliphatic rings. The maximum absolute atomic E-state index is 11.9. The third kappa shape index (κ3) is 5.26. The molecule has 0 unspecified atom stereocenters. The van der Waals surface area contributed by atoms with Gasteiger partial charge in [-0.25, -0.2) is 5.43 Å². The van der Waals surface area contributed by atoms with Gasteiger partial charge in [0.25, 0.3) is 5.91 Å². The number of carbonyl (C=O) groups excluding carboxylic acids is 2. The van der Waals surface area contributed by atoms with E-state index in [-0.39, 0.29) is 18.4 Å². The number of rotatable bonds is 6. The number of carbonyl (C=O) groups is 2. The highest BCUT2D eigenvalue weighted by atomic mass is 16.5. The molecule has 1 heterocycles. The Kier molecular flexibility index (Phi) is 6.60. The first-order valence-corrected chi connectivity index (χ1v) is 7.95. The molecule has 2 amide bonds. The van der Waals surface area contributed by atoms with Crippen LogP contribution in [-0.2, 0) is 9.59 Å². The number of hydrazone groups is 1. The van der Waals surface area contributed by atoms with Crippen LogP contribution in [0.1, 0.15) is 31.2 Å². The molecule has 2 rings (SSSR count). The summed E-state index contributed by atoms with van der Waals surface area (Å²) >= 11 is 0. The van der Waals surface area contributed by atoms with E-state index in [0.29, 0.717) is 24.5 Å². The number of ether oxygens (including phenoxy) is 2. The topological polar surface area (TPSA) is 80.2 Å². The Morgan fingerprint density at radius 3 is 2.58 bits per heavy atom. The number of likely N-dealkylation sites (tertiary alicyclic amines) is 1. The third-order valence-corrected chi connectivity index (χ3v) is 3.78. The van der Waals surface area contributed by atoms with Crippen LogP contribution in [0.15, 0.2) is 23.3 Å². The van der Waals surface area contributed by atoms with Gasteiger partial charge in [0.15, 0.2) is 0 Å². The van der Waals surface area contributed by atoms with E-state index in [1.807, 2.05) is 0 Å². The first-order valence-electron chi connectivity index (χ1n) is 7.95. The van der Waals surface area contributed by atoms with E-state index in [1.165, 1.54) is 6.21 Å². The molecule has 1 fully saturated rings. The molecule has 0 radical (unpaired) electrons. The minimum Gasteiger partial charge on any atom is -0.497 e. The van der Waals surface area contributed by atoms with Crippen LogP contribution in [0, 0.1) is 0 Å². The van der Waals surface area contributed by atoms with Crippen molar-refractivity contribution in [3.8, 4) is 11.5 Å². The number of amides is 2. The summed E-state index contributed by atoms with van der Waals surface area (Å²) in [7, 11) is 3.13. The molecule has 0 aliphatic carbocycles. The first-order chi connectivity index (χ1) is 11.6. The maximum Gasteiger partial charge on any atom is 0.259 e. The number of benzene rings is 1. The van der Waals surface area contributed by atoms with Crippen molar-refractivity contribution in [1.82, 2.24) is 10.3 Å². The molecule has 7 heteroatoms. The Bertz CT molecular complexity index is 594. The molecule has 1 N–H and O–H groups in total. The average molecular weight is 333 g/mol. The van der Waals surface area contributed by atoms with Gasteiger partial charge < -0.3 is 14.4 Å².